The van der Waals surface area contributed by atoms with E-state index in [0.717, 1.165) is 12.8 Å². The largest absolute Gasteiger partial charge is 0.466 e. The fourth-order valence-corrected chi connectivity index (χ4v) is 3.88. The van der Waals surface area contributed by atoms with E-state index >= 15 is 0 Å². The van der Waals surface area contributed by atoms with E-state index in [1.165, 1.54) is 0 Å². The maximum Gasteiger partial charge on any atom is 0.310 e. The van der Waals surface area contributed by atoms with Gasteiger partial charge >= 0.3 is 11.9 Å². The Hall–Kier alpha value is -0.710. The molecule has 2 rings (SSSR count). The number of hydrogen-bond acceptors (Lipinski definition) is 5. The van der Waals surface area contributed by atoms with Crippen LogP contribution in [0, 0.1) is 5.92 Å². The highest BCUT2D eigenvalue weighted by Crippen LogP contribution is 2.39. The standard InChI is InChI=1S/C10H18O2S.C4H6O2/c1-7(2)13-10(3,4)8-5-6-12-9(8)11;5-4-2-1-3-6-4/h7-8H,5-6H2,1-4H3;1-3H2. The molecule has 0 aromatic carbocycles. The van der Waals surface area contributed by atoms with E-state index < -0.39 is 0 Å². The molecular weight excluding hydrogens is 264 g/mol. The first kappa shape index (κ1) is 16.3. The molecule has 5 heteroatoms. The van der Waals surface area contributed by atoms with Crippen LogP contribution in [0.15, 0.2) is 0 Å². The summed E-state index contributed by atoms with van der Waals surface area (Å²) in [5.41, 5.74) is 0. The summed E-state index contributed by atoms with van der Waals surface area (Å²) >= 11 is 1.86. The third-order valence-electron chi connectivity index (χ3n) is 3.10. The van der Waals surface area contributed by atoms with Crippen molar-refractivity contribution >= 4 is 23.7 Å². The Labute approximate surface area is 119 Å². The van der Waals surface area contributed by atoms with Crippen LogP contribution in [0.5, 0.6) is 0 Å². The van der Waals surface area contributed by atoms with E-state index in [9.17, 15) is 9.59 Å². The fourth-order valence-electron chi connectivity index (χ4n) is 2.29. The molecule has 0 radical (unpaired) electrons. The van der Waals surface area contributed by atoms with Crippen LogP contribution >= 0.6 is 11.8 Å². The smallest absolute Gasteiger partial charge is 0.310 e. The molecule has 0 bridgehead atoms. The highest BCUT2D eigenvalue weighted by atomic mass is 32.2. The van der Waals surface area contributed by atoms with Gasteiger partial charge in [0.2, 0.25) is 0 Å². The van der Waals surface area contributed by atoms with Crippen molar-refractivity contribution in [3.63, 3.8) is 0 Å². The predicted octanol–water partition coefficient (Wildman–Crippen LogP) is 2.79. The third-order valence-corrected chi connectivity index (χ3v) is 4.47. The Bertz CT molecular complexity index is 317. The number of thioether (sulfide) groups is 1. The molecule has 2 saturated heterocycles. The van der Waals surface area contributed by atoms with Crippen molar-refractivity contribution in [1.82, 2.24) is 0 Å². The van der Waals surface area contributed by atoms with E-state index in [1.54, 1.807) is 0 Å². The number of carbonyl (C=O) groups excluding carboxylic acids is 2. The molecule has 0 saturated carbocycles. The van der Waals surface area contributed by atoms with E-state index in [-0.39, 0.29) is 22.6 Å². The van der Waals surface area contributed by atoms with Crippen LogP contribution < -0.4 is 0 Å². The molecule has 4 nitrogen and oxygen atoms in total. The zero-order valence-corrected chi connectivity index (χ0v) is 13.0. The van der Waals surface area contributed by atoms with E-state index in [1.807, 2.05) is 11.8 Å². The molecule has 0 aliphatic carbocycles. The van der Waals surface area contributed by atoms with Crippen molar-refractivity contribution < 1.29 is 19.1 Å². The minimum atomic E-state index is -0.0463. The first-order chi connectivity index (χ1) is 8.83. The zero-order chi connectivity index (χ0) is 14.5. The second kappa shape index (κ2) is 7.17. The quantitative estimate of drug-likeness (QED) is 0.747. The van der Waals surface area contributed by atoms with Gasteiger partial charge in [-0.05, 0) is 31.9 Å². The predicted molar refractivity (Wildman–Crippen MR) is 76.1 cm³/mol. The number of ether oxygens (including phenoxy) is 2. The number of cyclic esters (lactones) is 2. The van der Waals surface area contributed by atoms with Crippen molar-refractivity contribution in [3.8, 4) is 0 Å². The monoisotopic (exact) mass is 288 g/mol. The van der Waals surface area contributed by atoms with Crippen LogP contribution in [0.3, 0.4) is 0 Å². The SMILES string of the molecule is CC(C)SC(C)(C)C1CCOC1=O.O=C1CCCO1. The Morgan fingerprint density at radius 2 is 1.89 bits per heavy atom. The Kier molecular flexibility index (Phi) is 6.17. The van der Waals surface area contributed by atoms with E-state index in [0.29, 0.717) is 24.9 Å². The second-order valence-electron chi connectivity index (χ2n) is 5.60. The van der Waals surface area contributed by atoms with Crippen molar-refractivity contribution in [2.75, 3.05) is 13.2 Å². The van der Waals surface area contributed by atoms with Gasteiger partial charge in [-0.1, -0.05) is 13.8 Å². The summed E-state index contributed by atoms with van der Waals surface area (Å²) in [6, 6.07) is 0. The minimum Gasteiger partial charge on any atom is -0.466 e. The molecule has 0 amide bonds. The van der Waals surface area contributed by atoms with Gasteiger partial charge in [0.25, 0.3) is 0 Å². The molecule has 0 spiro atoms. The molecular formula is C14H24O4S. The summed E-state index contributed by atoms with van der Waals surface area (Å²) in [5.74, 6) is 0.0213. The van der Waals surface area contributed by atoms with Crippen LogP contribution in [-0.4, -0.2) is 35.1 Å². The average Bonchev–Trinajstić information content (AvgIpc) is 2.88. The topological polar surface area (TPSA) is 52.6 Å². The lowest BCUT2D eigenvalue weighted by atomic mass is 9.94. The maximum atomic E-state index is 11.4. The molecule has 0 aromatic rings. The number of esters is 2. The second-order valence-corrected chi connectivity index (χ2v) is 7.83. The summed E-state index contributed by atoms with van der Waals surface area (Å²) < 4.78 is 9.51. The lowest BCUT2D eigenvalue weighted by Crippen LogP contribution is -2.32. The summed E-state index contributed by atoms with van der Waals surface area (Å²) in [7, 11) is 0. The van der Waals surface area contributed by atoms with Gasteiger partial charge in [0.15, 0.2) is 0 Å². The Balaban J connectivity index is 0.000000250. The van der Waals surface area contributed by atoms with Gasteiger partial charge in [-0.15, -0.1) is 0 Å². The average molecular weight is 288 g/mol. The van der Waals surface area contributed by atoms with Gasteiger partial charge in [-0.2, -0.15) is 11.8 Å². The van der Waals surface area contributed by atoms with Crippen LogP contribution in [-0.2, 0) is 19.1 Å². The van der Waals surface area contributed by atoms with Gasteiger partial charge in [-0.3, -0.25) is 9.59 Å². The van der Waals surface area contributed by atoms with Crippen molar-refractivity contribution in [1.29, 1.82) is 0 Å². The van der Waals surface area contributed by atoms with Crippen LogP contribution in [0.2, 0.25) is 0 Å². The summed E-state index contributed by atoms with van der Waals surface area (Å²) in [6.45, 7) is 9.83. The van der Waals surface area contributed by atoms with Gasteiger partial charge in [0.05, 0.1) is 19.1 Å². The molecule has 2 aliphatic rings. The maximum absolute atomic E-state index is 11.4. The molecule has 0 aromatic heterocycles. The summed E-state index contributed by atoms with van der Waals surface area (Å²) in [5, 5.41) is 0.559. The third kappa shape index (κ3) is 5.43. The first-order valence-corrected chi connectivity index (χ1v) is 7.71. The Morgan fingerprint density at radius 1 is 1.21 bits per heavy atom. The number of rotatable bonds is 3. The molecule has 2 fully saturated rings. The van der Waals surface area contributed by atoms with Gasteiger partial charge < -0.3 is 9.47 Å². The fraction of sp³-hybridized carbons (Fsp3) is 0.857. The van der Waals surface area contributed by atoms with Crippen LogP contribution in [0.4, 0.5) is 0 Å². The van der Waals surface area contributed by atoms with Gasteiger partial charge in [0.1, 0.15) is 0 Å². The minimum absolute atomic E-state index is 0.0156. The van der Waals surface area contributed by atoms with Crippen molar-refractivity contribution in [2.24, 2.45) is 5.92 Å². The summed E-state index contributed by atoms with van der Waals surface area (Å²) in [6.07, 6.45) is 2.42. The van der Waals surface area contributed by atoms with Crippen LogP contribution in [0.25, 0.3) is 0 Å². The zero-order valence-electron chi connectivity index (χ0n) is 12.2. The van der Waals surface area contributed by atoms with Crippen LogP contribution in [0.1, 0.15) is 47.0 Å². The molecule has 1 unspecified atom stereocenters. The number of carbonyl (C=O) groups is 2. The van der Waals surface area contributed by atoms with Gasteiger partial charge in [-0.25, -0.2) is 0 Å². The molecule has 110 valence electrons. The lowest BCUT2D eigenvalue weighted by molar-refractivity contribution is -0.142. The molecule has 19 heavy (non-hydrogen) atoms. The van der Waals surface area contributed by atoms with E-state index in [2.05, 4.69) is 32.4 Å². The highest BCUT2D eigenvalue weighted by molar-refractivity contribution is 8.01. The first-order valence-electron chi connectivity index (χ1n) is 6.83. The van der Waals surface area contributed by atoms with Crippen molar-refractivity contribution in [3.05, 3.63) is 0 Å². The molecule has 0 N–H and O–H groups in total. The highest BCUT2D eigenvalue weighted by Gasteiger charge is 2.40. The molecule has 2 aliphatic heterocycles. The molecule has 1 atom stereocenters. The lowest BCUT2D eigenvalue weighted by Gasteiger charge is -2.29. The van der Waals surface area contributed by atoms with Crippen molar-refractivity contribution in [2.45, 2.75) is 57.0 Å². The summed E-state index contributed by atoms with van der Waals surface area (Å²) in [4.78, 5) is 21.4. The van der Waals surface area contributed by atoms with E-state index in [4.69, 9.17) is 4.74 Å². The molecule has 2 heterocycles. The Morgan fingerprint density at radius 3 is 2.21 bits per heavy atom. The number of hydrogen-bond donors (Lipinski definition) is 0. The van der Waals surface area contributed by atoms with Gasteiger partial charge in [0, 0.05) is 11.2 Å². The normalized spacial score (nSPS) is 22.9.